The number of imide groups is 2. The van der Waals surface area contributed by atoms with Crippen molar-refractivity contribution in [1.29, 1.82) is 0 Å². The van der Waals surface area contributed by atoms with Crippen LogP contribution in [0.3, 0.4) is 0 Å². The van der Waals surface area contributed by atoms with Gasteiger partial charge in [-0.15, -0.1) is 0 Å². The summed E-state index contributed by atoms with van der Waals surface area (Å²) in [4.78, 5) is 39.7. The molecular formula is C20H21FN4O5. The third-order valence-corrected chi connectivity index (χ3v) is 6.51. The van der Waals surface area contributed by atoms with Crippen LogP contribution in [0, 0.1) is 18.2 Å². The molecule has 10 heteroatoms. The maximum Gasteiger partial charge on any atom is 0.328 e. The summed E-state index contributed by atoms with van der Waals surface area (Å²) in [6, 6.07) is 0.0625. The minimum Gasteiger partial charge on any atom is -0.371 e. The van der Waals surface area contributed by atoms with Crippen molar-refractivity contribution >= 4 is 34.5 Å². The lowest BCUT2D eigenvalue weighted by Crippen LogP contribution is -2.75. The van der Waals surface area contributed by atoms with Crippen LogP contribution in [0.25, 0.3) is 11.0 Å². The van der Waals surface area contributed by atoms with E-state index in [1.54, 1.807) is 24.8 Å². The summed E-state index contributed by atoms with van der Waals surface area (Å²) < 4.78 is 26.9. The largest absolute Gasteiger partial charge is 0.371 e. The number of barbiturate groups is 1. The first-order chi connectivity index (χ1) is 14.3. The average Bonchev–Trinajstić information content (AvgIpc) is 3.06. The fourth-order valence-corrected chi connectivity index (χ4v) is 5.17. The molecule has 0 radical (unpaired) electrons. The number of carbonyl (C=O) groups excluding carboxylic acids is 3. The molecule has 2 aromatic rings. The first-order valence-electron chi connectivity index (χ1n) is 9.94. The van der Waals surface area contributed by atoms with Crippen LogP contribution in [0.1, 0.15) is 31.5 Å². The first-order valence-corrected chi connectivity index (χ1v) is 9.94. The number of hydrogen-bond acceptors (Lipinski definition) is 7. The van der Waals surface area contributed by atoms with E-state index in [1.165, 1.54) is 0 Å². The van der Waals surface area contributed by atoms with E-state index in [1.807, 2.05) is 6.92 Å². The molecule has 2 N–H and O–H groups in total. The Morgan fingerprint density at radius 1 is 1.30 bits per heavy atom. The number of urea groups is 1. The number of nitrogens with zero attached hydrogens (tertiary/aromatic N) is 2. The summed E-state index contributed by atoms with van der Waals surface area (Å²) in [6.45, 7) is 5.71. The zero-order chi connectivity index (χ0) is 21.4. The van der Waals surface area contributed by atoms with E-state index in [2.05, 4.69) is 15.8 Å². The predicted octanol–water partition coefficient (Wildman–Crippen LogP) is 1.56. The van der Waals surface area contributed by atoms with Gasteiger partial charge in [0.1, 0.15) is 0 Å². The van der Waals surface area contributed by atoms with E-state index in [0.717, 1.165) is 0 Å². The number of morpholine rings is 1. The van der Waals surface area contributed by atoms with Gasteiger partial charge in [0.2, 0.25) is 17.4 Å². The molecule has 30 heavy (non-hydrogen) atoms. The van der Waals surface area contributed by atoms with Crippen molar-refractivity contribution in [2.24, 2.45) is 5.41 Å². The number of aromatic nitrogens is 1. The van der Waals surface area contributed by atoms with E-state index in [9.17, 15) is 14.4 Å². The van der Waals surface area contributed by atoms with Crippen LogP contribution in [-0.2, 0) is 20.7 Å². The second-order valence-corrected chi connectivity index (χ2v) is 8.20. The molecule has 1 spiro atoms. The van der Waals surface area contributed by atoms with E-state index in [-0.39, 0.29) is 18.1 Å². The number of fused-ring (bicyclic) bond motifs is 5. The number of halogens is 1. The third-order valence-electron chi connectivity index (χ3n) is 6.51. The molecule has 2 saturated heterocycles. The first kappa shape index (κ1) is 19.0. The summed E-state index contributed by atoms with van der Waals surface area (Å²) in [5.41, 5.74) is -0.297. The quantitative estimate of drug-likeness (QED) is 0.678. The highest BCUT2D eigenvalue weighted by Crippen LogP contribution is 2.49. The molecule has 0 aliphatic carbocycles. The van der Waals surface area contributed by atoms with Gasteiger partial charge in [-0.3, -0.25) is 20.2 Å². The van der Waals surface area contributed by atoms with Gasteiger partial charge in [-0.05, 0) is 31.9 Å². The van der Waals surface area contributed by atoms with Crippen LogP contribution in [0.2, 0.25) is 0 Å². The standard InChI is InChI=1S/C20H21FN4O5/c1-4-11-7-25-14-10(5-12-8(2)24-30-15(12)13(14)21)6-20(16(25)9(3)29-11)17(26)22-19(28)23-18(20)27/h5,9,11,16H,4,6-7H2,1-3H3,(H2,22,23,26,27,28)/t9-,11+,16+/m1/s1. The monoisotopic (exact) mass is 416 g/mol. The number of anilines is 1. The number of amides is 4. The lowest BCUT2D eigenvalue weighted by molar-refractivity contribution is -0.154. The van der Waals surface area contributed by atoms with Crippen molar-refractivity contribution in [3.8, 4) is 0 Å². The van der Waals surface area contributed by atoms with Crippen LogP contribution >= 0.6 is 0 Å². The highest BCUT2D eigenvalue weighted by atomic mass is 19.1. The molecule has 9 nitrogen and oxygen atoms in total. The van der Waals surface area contributed by atoms with Gasteiger partial charge in [-0.1, -0.05) is 12.1 Å². The Morgan fingerprint density at radius 2 is 2.00 bits per heavy atom. The SMILES string of the molecule is CC[C@H]1CN2c3c(cc4c(C)noc4c3F)CC3(C(=O)NC(=O)NC3=O)[C@@H]2[C@@H](C)O1. The maximum absolute atomic E-state index is 15.6. The Morgan fingerprint density at radius 3 is 2.67 bits per heavy atom. The highest BCUT2D eigenvalue weighted by Gasteiger charge is 2.63. The molecule has 5 rings (SSSR count). The summed E-state index contributed by atoms with van der Waals surface area (Å²) in [5.74, 6) is -1.98. The molecule has 0 bridgehead atoms. The van der Waals surface area contributed by atoms with E-state index >= 15 is 4.39 Å². The van der Waals surface area contributed by atoms with Crippen LogP contribution in [-0.4, -0.2) is 47.8 Å². The molecule has 4 amide bonds. The van der Waals surface area contributed by atoms with Gasteiger partial charge in [0.25, 0.3) is 0 Å². The molecule has 3 atom stereocenters. The molecule has 3 aliphatic rings. The number of benzene rings is 1. The van der Waals surface area contributed by atoms with Crippen LogP contribution in [0.5, 0.6) is 0 Å². The Kier molecular flexibility index (Phi) is 3.95. The van der Waals surface area contributed by atoms with Gasteiger partial charge >= 0.3 is 6.03 Å². The molecule has 4 heterocycles. The zero-order valence-electron chi connectivity index (χ0n) is 16.7. The summed E-state index contributed by atoms with van der Waals surface area (Å²) in [6.07, 6.45) is -0.163. The van der Waals surface area contributed by atoms with E-state index < -0.39 is 41.2 Å². The van der Waals surface area contributed by atoms with Crippen LogP contribution in [0.4, 0.5) is 14.9 Å². The second kappa shape index (κ2) is 6.24. The number of aryl methyl sites for hydroxylation is 1. The molecule has 0 saturated carbocycles. The maximum atomic E-state index is 15.6. The molecule has 3 aliphatic heterocycles. The minimum absolute atomic E-state index is 0.0425. The van der Waals surface area contributed by atoms with Crippen molar-refractivity contribution in [1.82, 2.24) is 15.8 Å². The Bertz CT molecular complexity index is 1090. The number of rotatable bonds is 1. The Labute approximate surface area is 170 Å². The Balaban J connectivity index is 1.78. The van der Waals surface area contributed by atoms with Crippen molar-refractivity contribution in [3.05, 3.63) is 23.1 Å². The van der Waals surface area contributed by atoms with Crippen LogP contribution in [0.15, 0.2) is 10.6 Å². The molecule has 2 fully saturated rings. The lowest BCUT2D eigenvalue weighted by atomic mass is 9.66. The van der Waals surface area contributed by atoms with Crippen molar-refractivity contribution < 1.29 is 28.0 Å². The average molecular weight is 416 g/mol. The van der Waals surface area contributed by atoms with Gasteiger partial charge in [0.15, 0.2) is 11.2 Å². The molecule has 1 aromatic carbocycles. The fraction of sp³-hybridized carbons (Fsp3) is 0.500. The summed E-state index contributed by atoms with van der Waals surface area (Å²) >= 11 is 0. The van der Waals surface area contributed by atoms with Crippen molar-refractivity contribution in [2.45, 2.75) is 51.9 Å². The van der Waals surface area contributed by atoms with Gasteiger partial charge in [-0.25, -0.2) is 9.18 Å². The number of nitrogens with one attached hydrogen (secondary N) is 2. The molecule has 0 unspecified atom stereocenters. The smallest absolute Gasteiger partial charge is 0.328 e. The molecule has 158 valence electrons. The van der Waals surface area contributed by atoms with Gasteiger partial charge in [-0.2, -0.15) is 0 Å². The van der Waals surface area contributed by atoms with Crippen LogP contribution < -0.4 is 15.5 Å². The van der Waals surface area contributed by atoms with E-state index in [4.69, 9.17) is 9.26 Å². The lowest BCUT2D eigenvalue weighted by Gasteiger charge is -2.55. The van der Waals surface area contributed by atoms with Crippen molar-refractivity contribution in [2.75, 3.05) is 11.4 Å². The number of carbonyl (C=O) groups is 3. The second-order valence-electron chi connectivity index (χ2n) is 8.20. The van der Waals surface area contributed by atoms with Gasteiger partial charge in [0, 0.05) is 18.4 Å². The fourth-order valence-electron chi connectivity index (χ4n) is 5.17. The summed E-state index contributed by atoms with van der Waals surface area (Å²) in [5, 5.41) is 8.79. The van der Waals surface area contributed by atoms with Crippen molar-refractivity contribution in [3.63, 3.8) is 0 Å². The number of hydrogen-bond donors (Lipinski definition) is 2. The third kappa shape index (κ3) is 2.31. The van der Waals surface area contributed by atoms with E-state index in [0.29, 0.717) is 35.3 Å². The molecular weight excluding hydrogens is 395 g/mol. The minimum atomic E-state index is -1.63. The molecule has 1 aromatic heterocycles. The summed E-state index contributed by atoms with van der Waals surface area (Å²) in [7, 11) is 0. The van der Waals surface area contributed by atoms with Gasteiger partial charge in [0.05, 0.1) is 29.6 Å². The Hall–Kier alpha value is -3.01. The zero-order valence-corrected chi connectivity index (χ0v) is 16.7. The van der Waals surface area contributed by atoms with Gasteiger partial charge < -0.3 is 14.2 Å². The normalized spacial score (nSPS) is 27.7. The topological polar surface area (TPSA) is 114 Å². The highest BCUT2D eigenvalue weighted by molar-refractivity contribution is 6.20. The number of ether oxygens (including phenoxy) is 1. The predicted molar refractivity (Wildman–Crippen MR) is 102 cm³/mol.